The third-order valence-electron chi connectivity index (χ3n) is 1.69. The van der Waals surface area contributed by atoms with Gasteiger partial charge >= 0.3 is 0 Å². The molecule has 1 aromatic carbocycles. The molecule has 4 nitrogen and oxygen atoms in total. The zero-order valence-electron chi connectivity index (χ0n) is 7.22. The minimum atomic E-state index is 0.527. The summed E-state index contributed by atoms with van der Waals surface area (Å²) in [6.07, 6.45) is 0. The molecule has 66 valence electrons. The third-order valence-corrected chi connectivity index (χ3v) is 1.69. The van der Waals surface area contributed by atoms with Gasteiger partial charge < -0.3 is 21.5 Å². The first-order valence-electron chi connectivity index (χ1n) is 3.59. The summed E-state index contributed by atoms with van der Waals surface area (Å²) in [7, 11) is 3.37. The Hall–Kier alpha value is -1.58. The van der Waals surface area contributed by atoms with Gasteiger partial charge in [0, 0.05) is 19.2 Å². The SMILES string of the molecule is CNc1cc(OC)cc(N)c1N. The van der Waals surface area contributed by atoms with Gasteiger partial charge in [-0.05, 0) is 0 Å². The number of anilines is 3. The van der Waals surface area contributed by atoms with Crippen LogP contribution in [0, 0.1) is 0 Å². The normalized spacial score (nSPS) is 9.50. The highest BCUT2D eigenvalue weighted by molar-refractivity contribution is 5.80. The van der Waals surface area contributed by atoms with Crippen LogP contribution in [0.4, 0.5) is 17.1 Å². The van der Waals surface area contributed by atoms with Crippen LogP contribution in [-0.2, 0) is 0 Å². The Bertz CT molecular complexity index is 286. The molecule has 0 aliphatic rings. The predicted molar refractivity (Wildman–Crippen MR) is 51.4 cm³/mol. The molecule has 0 aliphatic carbocycles. The van der Waals surface area contributed by atoms with Gasteiger partial charge in [0.15, 0.2) is 0 Å². The van der Waals surface area contributed by atoms with E-state index in [1.165, 1.54) is 0 Å². The number of ether oxygens (including phenoxy) is 1. The third kappa shape index (κ3) is 1.37. The highest BCUT2D eigenvalue weighted by Crippen LogP contribution is 2.30. The van der Waals surface area contributed by atoms with Crippen molar-refractivity contribution in [2.75, 3.05) is 30.9 Å². The van der Waals surface area contributed by atoms with Gasteiger partial charge in [-0.25, -0.2) is 0 Å². The molecule has 4 heteroatoms. The molecule has 0 saturated carbocycles. The second-order valence-corrected chi connectivity index (χ2v) is 2.43. The fraction of sp³-hybridized carbons (Fsp3) is 0.250. The number of nitrogen functional groups attached to an aromatic ring is 2. The number of methoxy groups -OCH3 is 1. The van der Waals surface area contributed by atoms with Gasteiger partial charge in [0.05, 0.1) is 24.2 Å². The van der Waals surface area contributed by atoms with Crippen LogP contribution in [0.5, 0.6) is 5.75 Å². The lowest BCUT2D eigenvalue weighted by Gasteiger charge is -2.09. The number of hydrogen-bond acceptors (Lipinski definition) is 4. The molecule has 0 aliphatic heterocycles. The van der Waals surface area contributed by atoms with Crippen LogP contribution in [0.2, 0.25) is 0 Å². The molecule has 1 rings (SSSR count). The van der Waals surface area contributed by atoms with E-state index in [-0.39, 0.29) is 0 Å². The Kier molecular flexibility index (Phi) is 2.28. The summed E-state index contributed by atoms with van der Waals surface area (Å²) in [5.41, 5.74) is 13.2. The summed E-state index contributed by atoms with van der Waals surface area (Å²) in [6.45, 7) is 0. The van der Waals surface area contributed by atoms with E-state index in [4.69, 9.17) is 16.2 Å². The number of benzene rings is 1. The van der Waals surface area contributed by atoms with Crippen molar-refractivity contribution >= 4 is 17.1 Å². The molecule has 0 unspecified atom stereocenters. The minimum absolute atomic E-state index is 0.527. The maximum atomic E-state index is 5.67. The van der Waals surface area contributed by atoms with Crippen molar-refractivity contribution < 1.29 is 4.74 Å². The number of rotatable bonds is 2. The van der Waals surface area contributed by atoms with Crippen molar-refractivity contribution in [1.82, 2.24) is 0 Å². The highest BCUT2D eigenvalue weighted by atomic mass is 16.5. The Morgan fingerprint density at radius 3 is 2.50 bits per heavy atom. The van der Waals surface area contributed by atoms with E-state index in [1.54, 1.807) is 26.3 Å². The molecule has 0 spiro atoms. The molecule has 0 fully saturated rings. The second-order valence-electron chi connectivity index (χ2n) is 2.43. The van der Waals surface area contributed by atoms with E-state index < -0.39 is 0 Å². The Labute approximate surface area is 71.5 Å². The summed E-state index contributed by atoms with van der Waals surface area (Å²) >= 11 is 0. The smallest absolute Gasteiger partial charge is 0.123 e. The average molecular weight is 167 g/mol. The first-order valence-corrected chi connectivity index (χ1v) is 3.59. The van der Waals surface area contributed by atoms with Crippen LogP contribution in [0.25, 0.3) is 0 Å². The lowest BCUT2D eigenvalue weighted by atomic mass is 10.2. The van der Waals surface area contributed by atoms with Gasteiger partial charge in [-0.15, -0.1) is 0 Å². The summed E-state index contributed by atoms with van der Waals surface area (Å²) in [4.78, 5) is 0. The van der Waals surface area contributed by atoms with Crippen molar-refractivity contribution in [2.45, 2.75) is 0 Å². The van der Waals surface area contributed by atoms with Crippen molar-refractivity contribution in [2.24, 2.45) is 0 Å². The first kappa shape index (κ1) is 8.52. The van der Waals surface area contributed by atoms with E-state index in [0.29, 0.717) is 17.1 Å². The van der Waals surface area contributed by atoms with Gasteiger partial charge in [-0.3, -0.25) is 0 Å². The van der Waals surface area contributed by atoms with E-state index in [2.05, 4.69) is 5.32 Å². The molecule has 0 radical (unpaired) electrons. The van der Waals surface area contributed by atoms with Crippen LogP contribution in [-0.4, -0.2) is 14.2 Å². The molecule has 12 heavy (non-hydrogen) atoms. The molecule has 0 saturated heterocycles. The highest BCUT2D eigenvalue weighted by Gasteiger charge is 2.03. The van der Waals surface area contributed by atoms with Gasteiger partial charge in [-0.1, -0.05) is 0 Å². The van der Waals surface area contributed by atoms with Crippen molar-refractivity contribution in [3.05, 3.63) is 12.1 Å². The Morgan fingerprint density at radius 2 is 2.00 bits per heavy atom. The zero-order chi connectivity index (χ0) is 9.14. The van der Waals surface area contributed by atoms with Crippen molar-refractivity contribution in [3.8, 4) is 5.75 Å². The Morgan fingerprint density at radius 1 is 1.33 bits per heavy atom. The van der Waals surface area contributed by atoms with Crippen LogP contribution in [0.3, 0.4) is 0 Å². The van der Waals surface area contributed by atoms with Crippen LogP contribution >= 0.6 is 0 Å². The monoisotopic (exact) mass is 167 g/mol. The lowest BCUT2D eigenvalue weighted by Crippen LogP contribution is -2.01. The van der Waals surface area contributed by atoms with Crippen LogP contribution < -0.4 is 21.5 Å². The average Bonchev–Trinajstić information content (AvgIpc) is 2.09. The molecule has 0 bridgehead atoms. The van der Waals surface area contributed by atoms with Gasteiger partial charge in [-0.2, -0.15) is 0 Å². The summed E-state index contributed by atoms with van der Waals surface area (Å²) < 4.78 is 5.02. The lowest BCUT2D eigenvalue weighted by molar-refractivity contribution is 0.415. The predicted octanol–water partition coefficient (Wildman–Crippen LogP) is 0.901. The number of hydrogen-bond donors (Lipinski definition) is 3. The maximum Gasteiger partial charge on any atom is 0.123 e. The molecule has 5 N–H and O–H groups in total. The van der Waals surface area contributed by atoms with Crippen LogP contribution in [0.15, 0.2) is 12.1 Å². The molecular formula is C8H13N3O. The standard InChI is InChI=1S/C8H13N3O/c1-11-7-4-5(12-2)3-6(9)8(7)10/h3-4,11H,9-10H2,1-2H3. The molecule has 0 heterocycles. The van der Waals surface area contributed by atoms with Crippen molar-refractivity contribution in [1.29, 1.82) is 0 Å². The van der Waals surface area contributed by atoms with Gasteiger partial charge in [0.1, 0.15) is 5.75 Å². The maximum absolute atomic E-state index is 5.67. The van der Waals surface area contributed by atoms with Gasteiger partial charge in [0.2, 0.25) is 0 Å². The van der Waals surface area contributed by atoms with E-state index in [0.717, 1.165) is 5.69 Å². The van der Waals surface area contributed by atoms with Gasteiger partial charge in [0.25, 0.3) is 0 Å². The largest absolute Gasteiger partial charge is 0.497 e. The fourth-order valence-electron chi connectivity index (χ4n) is 0.973. The fourth-order valence-corrected chi connectivity index (χ4v) is 0.973. The summed E-state index contributed by atoms with van der Waals surface area (Å²) in [5, 5.41) is 2.93. The first-order chi connectivity index (χ1) is 5.69. The van der Waals surface area contributed by atoms with E-state index in [9.17, 15) is 0 Å². The zero-order valence-corrected chi connectivity index (χ0v) is 7.22. The van der Waals surface area contributed by atoms with Crippen LogP contribution in [0.1, 0.15) is 0 Å². The summed E-state index contributed by atoms with van der Waals surface area (Å²) in [5.74, 6) is 0.700. The molecule has 1 aromatic rings. The molecule has 0 amide bonds. The Balaban J connectivity index is 3.19. The van der Waals surface area contributed by atoms with E-state index >= 15 is 0 Å². The van der Waals surface area contributed by atoms with E-state index in [1.807, 2.05) is 0 Å². The minimum Gasteiger partial charge on any atom is -0.497 e. The van der Waals surface area contributed by atoms with Crippen molar-refractivity contribution in [3.63, 3.8) is 0 Å². The number of nitrogens with two attached hydrogens (primary N) is 2. The quantitative estimate of drug-likeness (QED) is 0.572. The second kappa shape index (κ2) is 3.21. The number of nitrogens with one attached hydrogen (secondary N) is 1. The summed E-state index contributed by atoms with van der Waals surface area (Å²) in [6, 6.07) is 3.49. The molecule has 0 atom stereocenters. The topological polar surface area (TPSA) is 73.3 Å². The molecule has 0 aromatic heterocycles. The molecular weight excluding hydrogens is 154 g/mol.